The Labute approximate surface area is 134 Å². The minimum atomic E-state index is -0.102. The molecule has 2 amide bonds. The number of carbonyl (C=O) groups is 2. The van der Waals surface area contributed by atoms with Crippen molar-refractivity contribution < 1.29 is 9.59 Å². The summed E-state index contributed by atoms with van der Waals surface area (Å²) in [6.07, 6.45) is 3.87. The van der Waals surface area contributed by atoms with Crippen LogP contribution in [-0.2, 0) is 9.59 Å². The summed E-state index contributed by atoms with van der Waals surface area (Å²) in [5.41, 5.74) is 0.822. The molecule has 0 spiro atoms. The van der Waals surface area contributed by atoms with Crippen molar-refractivity contribution in [2.24, 2.45) is 0 Å². The normalized spacial score (nSPS) is 18.2. The van der Waals surface area contributed by atoms with Crippen LogP contribution in [0.15, 0.2) is 24.4 Å². The minimum Gasteiger partial charge on any atom is -0.340 e. The first kappa shape index (κ1) is 15.5. The molecule has 23 heavy (non-hydrogen) atoms. The van der Waals surface area contributed by atoms with E-state index in [1.54, 1.807) is 7.05 Å². The number of piperidine rings is 1. The van der Waals surface area contributed by atoms with E-state index in [0.29, 0.717) is 6.54 Å². The summed E-state index contributed by atoms with van der Waals surface area (Å²) < 4.78 is 1.99. The second-order valence-electron chi connectivity index (χ2n) is 6.04. The number of aromatic nitrogens is 3. The van der Waals surface area contributed by atoms with Gasteiger partial charge in [0.25, 0.3) is 0 Å². The molecule has 1 aliphatic rings. The Morgan fingerprint density at radius 3 is 2.96 bits per heavy atom. The number of carbonyl (C=O) groups excluding carboxylic acids is 2. The summed E-state index contributed by atoms with van der Waals surface area (Å²) in [5.74, 6) is 0.960. The van der Waals surface area contributed by atoms with Crippen molar-refractivity contribution >= 4 is 17.5 Å². The number of hydrogen-bond acceptors (Lipinski definition) is 4. The SMILES string of the molecule is CC(=O)N(C)CC(=O)N1CCC[C@@H](c2nnc3ccccn23)C1. The quantitative estimate of drug-likeness (QED) is 0.844. The van der Waals surface area contributed by atoms with Gasteiger partial charge in [-0.1, -0.05) is 6.07 Å². The zero-order valence-corrected chi connectivity index (χ0v) is 13.5. The maximum Gasteiger partial charge on any atom is 0.242 e. The fourth-order valence-corrected chi connectivity index (χ4v) is 2.97. The molecule has 0 bridgehead atoms. The largest absolute Gasteiger partial charge is 0.340 e. The van der Waals surface area contributed by atoms with E-state index in [1.165, 1.54) is 11.8 Å². The Morgan fingerprint density at radius 2 is 2.17 bits per heavy atom. The van der Waals surface area contributed by atoms with E-state index in [4.69, 9.17) is 0 Å². The predicted octanol–water partition coefficient (Wildman–Crippen LogP) is 0.914. The Hall–Kier alpha value is -2.44. The molecule has 1 saturated heterocycles. The summed E-state index contributed by atoms with van der Waals surface area (Å²) >= 11 is 0. The summed E-state index contributed by atoms with van der Waals surface area (Å²) in [5, 5.41) is 8.50. The molecule has 0 radical (unpaired) electrons. The highest BCUT2D eigenvalue weighted by Gasteiger charge is 2.28. The first-order chi connectivity index (χ1) is 11.1. The molecule has 7 heteroatoms. The molecule has 7 nitrogen and oxygen atoms in total. The molecular formula is C16H21N5O2. The van der Waals surface area contributed by atoms with Crippen molar-refractivity contribution in [2.45, 2.75) is 25.7 Å². The number of nitrogens with zero attached hydrogens (tertiary/aromatic N) is 5. The van der Waals surface area contributed by atoms with Gasteiger partial charge < -0.3 is 9.80 Å². The van der Waals surface area contributed by atoms with Crippen molar-refractivity contribution in [3.63, 3.8) is 0 Å². The molecule has 0 saturated carbocycles. The number of amides is 2. The van der Waals surface area contributed by atoms with E-state index < -0.39 is 0 Å². The maximum atomic E-state index is 12.4. The second kappa shape index (κ2) is 6.36. The fraction of sp³-hybridized carbons (Fsp3) is 0.500. The van der Waals surface area contributed by atoms with E-state index in [0.717, 1.165) is 30.9 Å². The van der Waals surface area contributed by atoms with Crippen molar-refractivity contribution in [1.29, 1.82) is 0 Å². The third-order valence-corrected chi connectivity index (χ3v) is 4.39. The maximum absolute atomic E-state index is 12.4. The van der Waals surface area contributed by atoms with Gasteiger partial charge in [-0.3, -0.25) is 14.0 Å². The van der Waals surface area contributed by atoms with Gasteiger partial charge in [-0.25, -0.2) is 0 Å². The van der Waals surface area contributed by atoms with Crippen LogP contribution in [0.3, 0.4) is 0 Å². The lowest BCUT2D eigenvalue weighted by Crippen LogP contribution is -2.45. The molecule has 0 N–H and O–H groups in total. The topological polar surface area (TPSA) is 70.8 Å². The molecule has 0 aromatic carbocycles. The molecule has 1 atom stereocenters. The Morgan fingerprint density at radius 1 is 1.35 bits per heavy atom. The number of rotatable bonds is 3. The molecule has 0 unspecified atom stereocenters. The third kappa shape index (κ3) is 3.18. The molecule has 1 aliphatic heterocycles. The second-order valence-corrected chi connectivity index (χ2v) is 6.04. The third-order valence-electron chi connectivity index (χ3n) is 4.39. The van der Waals surface area contributed by atoms with Gasteiger partial charge in [0.1, 0.15) is 5.82 Å². The van der Waals surface area contributed by atoms with Gasteiger partial charge in [0, 0.05) is 39.2 Å². The molecule has 1 fully saturated rings. The smallest absolute Gasteiger partial charge is 0.242 e. The van der Waals surface area contributed by atoms with E-state index in [2.05, 4.69) is 10.2 Å². The fourth-order valence-electron chi connectivity index (χ4n) is 2.97. The number of fused-ring (bicyclic) bond motifs is 1. The molecule has 0 aliphatic carbocycles. The first-order valence-electron chi connectivity index (χ1n) is 7.85. The van der Waals surface area contributed by atoms with Crippen LogP contribution >= 0.6 is 0 Å². The van der Waals surface area contributed by atoms with Gasteiger partial charge in [-0.2, -0.15) is 0 Å². The van der Waals surface area contributed by atoms with Crippen LogP contribution in [-0.4, -0.2) is 62.9 Å². The summed E-state index contributed by atoms with van der Waals surface area (Å²) in [7, 11) is 1.65. The van der Waals surface area contributed by atoms with Gasteiger partial charge in [0.05, 0.1) is 6.54 Å². The molecular weight excluding hydrogens is 294 g/mol. The van der Waals surface area contributed by atoms with Gasteiger partial charge in [0.2, 0.25) is 11.8 Å². The number of likely N-dealkylation sites (N-methyl/N-ethyl adjacent to an activating group) is 1. The van der Waals surface area contributed by atoms with Crippen LogP contribution in [0, 0.1) is 0 Å². The van der Waals surface area contributed by atoms with E-state index in [9.17, 15) is 9.59 Å². The Kier molecular flexibility index (Phi) is 4.27. The van der Waals surface area contributed by atoms with Crippen molar-refractivity contribution in [3.05, 3.63) is 30.2 Å². The molecule has 2 aromatic heterocycles. The predicted molar refractivity (Wildman–Crippen MR) is 84.9 cm³/mol. The highest BCUT2D eigenvalue weighted by atomic mass is 16.2. The Balaban J connectivity index is 1.73. The van der Waals surface area contributed by atoms with Crippen LogP contribution in [0.25, 0.3) is 5.65 Å². The number of pyridine rings is 1. The standard InChI is InChI=1S/C16H21N5O2/c1-12(22)19(2)11-15(23)20-8-5-6-13(10-20)16-18-17-14-7-3-4-9-21(14)16/h3-4,7,9,13H,5-6,8,10-11H2,1-2H3/t13-/m1/s1. The van der Waals surface area contributed by atoms with Crippen LogP contribution in [0.5, 0.6) is 0 Å². The highest BCUT2D eigenvalue weighted by Crippen LogP contribution is 2.26. The first-order valence-corrected chi connectivity index (χ1v) is 7.85. The Bertz CT molecular complexity index is 726. The summed E-state index contributed by atoms with van der Waals surface area (Å²) in [6.45, 7) is 2.95. The van der Waals surface area contributed by atoms with Crippen molar-refractivity contribution in [3.8, 4) is 0 Å². The number of likely N-dealkylation sites (tertiary alicyclic amines) is 1. The highest BCUT2D eigenvalue weighted by molar-refractivity contribution is 5.83. The average molecular weight is 315 g/mol. The van der Waals surface area contributed by atoms with Crippen LogP contribution in [0.2, 0.25) is 0 Å². The minimum absolute atomic E-state index is 0.0128. The molecule has 3 rings (SSSR count). The monoisotopic (exact) mass is 315 g/mol. The molecule has 2 aromatic rings. The van der Waals surface area contributed by atoms with Crippen molar-refractivity contribution in [1.82, 2.24) is 24.4 Å². The van der Waals surface area contributed by atoms with Gasteiger partial charge in [0.15, 0.2) is 5.65 Å². The van der Waals surface area contributed by atoms with Crippen LogP contribution < -0.4 is 0 Å². The van der Waals surface area contributed by atoms with Gasteiger partial charge in [-0.05, 0) is 25.0 Å². The van der Waals surface area contributed by atoms with Gasteiger partial charge in [-0.15, -0.1) is 10.2 Å². The lowest BCUT2D eigenvalue weighted by atomic mass is 9.97. The van der Waals surface area contributed by atoms with E-state index in [1.807, 2.05) is 33.7 Å². The summed E-state index contributed by atoms with van der Waals surface area (Å²) in [6, 6.07) is 5.81. The van der Waals surface area contributed by atoms with E-state index >= 15 is 0 Å². The zero-order valence-electron chi connectivity index (χ0n) is 13.5. The zero-order chi connectivity index (χ0) is 16.4. The number of hydrogen-bond donors (Lipinski definition) is 0. The van der Waals surface area contributed by atoms with Crippen LogP contribution in [0.1, 0.15) is 31.5 Å². The lowest BCUT2D eigenvalue weighted by Gasteiger charge is -2.33. The molecule has 3 heterocycles. The lowest BCUT2D eigenvalue weighted by molar-refractivity contribution is -0.139. The summed E-state index contributed by atoms with van der Waals surface area (Å²) in [4.78, 5) is 26.9. The van der Waals surface area contributed by atoms with Gasteiger partial charge >= 0.3 is 0 Å². The molecule has 122 valence electrons. The average Bonchev–Trinajstić information content (AvgIpc) is 2.99. The van der Waals surface area contributed by atoms with E-state index in [-0.39, 0.29) is 24.3 Å². The van der Waals surface area contributed by atoms with Crippen molar-refractivity contribution in [2.75, 3.05) is 26.7 Å². The van der Waals surface area contributed by atoms with Crippen LogP contribution in [0.4, 0.5) is 0 Å².